The molecule has 0 saturated heterocycles. The van der Waals surface area contributed by atoms with Crippen molar-refractivity contribution in [1.82, 2.24) is 4.98 Å². The standard InChI is InChI=1S/C19H17N3OS/c1-12(23)20-13-6-8-14(9-7-13)21-19-15-4-2-3-5-17(15)22-18-11-24-10-16(18)19/h2-9H,10-11H2,1H3,(H,20,23)(H,21,22). The van der Waals surface area contributed by atoms with Crippen molar-refractivity contribution in [3.05, 3.63) is 59.8 Å². The average molecular weight is 335 g/mol. The highest BCUT2D eigenvalue weighted by Gasteiger charge is 2.19. The summed E-state index contributed by atoms with van der Waals surface area (Å²) in [5, 5.41) is 7.49. The summed E-state index contributed by atoms with van der Waals surface area (Å²) >= 11 is 1.90. The van der Waals surface area contributed by atoms with Crippen molar-refractivity contribution in [2.45, 2.75) is 18.4 Å². The number of carbonyl (C=O) groups excluding carboxylic acids is 1. The predicted molar refractivity (Wildman–Crippen MR) is 101 cm³/mol. The van der Waals surface area contributed by atoms with E-state index in [1.54, 1.807) is 0 Å². The van der Waals surface area contributed by atoms with Gasteiger partial charge in [-0.15, -0.1) is 0 Å². The molecule has 1 amide bonds. The first-order valence-corrected chi connectivity index (χ1v) is 8.99. The summed E-state index contributed by atoms with van der Waals surface area (Å²) in [6, 6.07) is 16.0. The topological polar surface area (TPSA) is 54.0 Å². The second kappa shape index (κ2) is 6.17. The SMILES string of the molecule is CC(=O)Nc1ccc(Nc2c3c(nc4ccccc24)CSC3)cc1. The van der Waals surface area contributed by atoms with Gasteiger partial charge in [0.05, 0.1) is 16.9 Å². The molecule has 0 spiro atoms. The van der Waals surface area contributed by atoms with Gasteiger partial charge in [-0.05, 0) is 30.3 Å². The van der Waals surface area contributed by atoms with Crippen molar-refractivity contribution in [3.63, 3.8) is 0 Å². The van der Waals surface area contributed by atoms with E-state index in [0.717, 1.165) is 39.5 Å². The van der Waals surface area contributed by atoms with Crippen LogP contribution >= 0.6 is 11.8 Å². The van der Waals surface area contributed by atoms with E-state index in [4.69, 9.17) is 4.98 Å². The summed E-state index contributed by atoms with van der Waals surface area (Å²) in [7, 11) is 0. The van der Waals surface area contributed by atoms with Gasteiger partial charge in [0.25, 0.3) is 0 Å². The van der Waals surface area contributed by atoms with Gasteiger partial charge in [0, 0.05) is 40.8 Å². The Morgan fingerprint density at radius 1 is 1.04 bits per heavy atom. The van der Waals surface area contributed by atoms with Gasteiger partial charge in [-0.25, -0.2) is 0 Å². The third-order valence-electron chi connectivity index (χ3n) is 4.04. The van der Waals surface area contributed by atoms with Gasteiger partial charge in [-0.2, -0.15) is 11.8 Å². The minimum absolute atomic E-state index is 0.0642. The Kier molecular flexibility index (Phi) is 3.86. The number of nitrogens with one attached hydrogen (secondary N) is 2. The van der Waals surface area contributed by atoms with Gasteiger partial charge < -0.3 is 10.6 Å². The third kappa shape index (κ3) is 2.83. The average Bonchev–Trinajstić information content (AvgIpc) is 3.04. The summed E-state index contributed by atoms with van der Waals surface area (Å²) in [6.45, 7) is 1.51. The Hall–Kier alpha value is -2.53. The number of aromatic nitrogens is 1. The highest BCUT2D eigenvalue weighted by atomic mass is 32.2. The Labute approximate surface area is 144 Å². The second-order valence-corrected chi connectivity index (χ2v) is 6.79. The fourth-order valence-electron chi connectivity index (χ4n) is 2.95. The van der Waals surface area contributed by atoms with Crippen LogP contribution in [0.5, 0.6) is 0 Å². The molecule has 0 bridgehead atoms. The molecule has 0 saturated carbocycles. The van der Waals surface area contributed by atoms with Crippen molar-refractivity contribution >= 4 is 45.6 Å². The fraction of sp³-hybridized carbons (Fsp3) is 0.158. The molecule has 5 heteroatoms. The number of carbonyl (C=O) groups is 1. The largest absolute Gasteiger partial charge is 0.355 e. The number of anilines is 3. The molecule has 24 heavy (non-hydrogen) atoms. The number of hydrogen-bond donors (Lipinski definition) is 2. The van der Waals surface area contributed by atoms with Crippen LogP contribution < -0.4 is 10.6 Å². The molecule has 4 nitrogen and oxygen atoms in total. The van der Waals surface area contributed by atoms with E-state index < -0.39 is 0 Å². The molecule has 3 aromatic rings. The van der Waals surface area contributed by atoms with Gasteiger partial charge in [0.15, 0.2) is 0 Å². The smallest absolute Gasteiger partial charge is 0.221 e. The van der Waals surface area contributed by atoms with Gasteiger partial charge in [-0.1, -0.05) is 18.2 Å². The fourth-order valence-corrected chi connectivity index (χ4v) is 4.00. The lowest BCUT2D eigenvalue weighted by Gasteiger charge is -2.14. The van der Waals surface area contributed by atoms with E-state index in [1.807, 2.05) is 48.2 Å². The molecule has 0 fully saturated rings. The maximum absolute atomic E-state index is 11.1. The van der Waals surface area contributed by atoms with E-state index in [0.29, 0.717) is 0 Å². The summed E-state index contributed by atoms with van der Waals surface area (Å²) in [6.07, 6.45) is 0. The molecule has 0 atom stereocenters. The number of thioether (sulfide) groups is 1. The van der Waals surface area contributed by atoms with Crippen LogP contribution in [0.15, 0.2) is 48.5 Å². The van der Waals surface area contributed by atoms with Crippen LogP contribution in [-0.2, 0) is 16.3 Å². The second-order valence-electron chi connectivity index (χ2n) is 5.81. The summed E-state index contributed by atoms with van der Waals surface area (Å²) in [4.78, 5) is 15.9. The van der Waals surface area contributed by atoms with Crippen molar-refractivity contribution in [2.75, 3.05) is 10.6 Å². The number of amides is 1. The summed E-state index contributed by atoms with van der Waals surface area (Å²) in [5.74, 6) is 1.89. The van der Waals surface area contributed by atoms with Gasteiger partial charge in [-0.3, -0.25) is 9.78 Å². The maximum atomic E-state index is 11.1. The highest BCUT2D eigenvalue weighted by molar-refractivity contribution is 7.98. The minimum Gasteiger partial charge on any atom is -0.355 e. The monoisotopic (exact) mass is 335 g/mol. The first-order valence-electron chi connectivity index (χ1n) is 7.83. The molecule has 0 aliphatic carbocycles. The minimum atomic E-state index is -0.0642. The van der Waals surface area contributed by atoms with E-state index in [-0.39, 0.29) is 5.91 Å². The number of hydrogen-bond acceptors (Lipinski definition) is 4. The first kappa shape index (κ1) is 15.0. The van der Waals surface area contributed by atoms with Crippen LogP contribution in [0.3, 0.4) is 0 Å². The molecule has 4 rings (SSSR count). The summed E-state index contributed by atoms with van der Waals surface area (Å²) in [5.41, 5.74) is 6.44. The molecule has 1 aliphatic rings. The zero-order valence-corrected chi connectivity index (χ0v) is 14.1. The Morgan fingerprint density at radius 2 is 1.79 bits per heavy atom. The predicted octanol–water partition coefficient (Wildman–Crippen LogP) is 4.68. The van der Waals surface area contributed by atoms with Crippen molar-refractivity contribution in [3.8, 4) is 0 Å². The van der Waals surface area contributed by atoms with E-state index in [1.165, 1.54) is 18.2 Å². The van der Waals surface area contributed by atoms with E-state index in [2.05, 4.69) is 22.8 Å². The van der Waals surface area contributed by atoms with Crippen LogP contribution in [0.2, 0.25) is 0 Å². The van der Waals surface area contributed by atoms with Crippen LogP contribution in [-0.4, -0.2) is 10.9 Å². The summed E-state index contributed by atoms with van der Waals surface area (Å²) < 4.78 is 0. The molecule has 0 radical (unpaired) electrons. The molecule has 2 heterocycles. The molecular formula is C19H17N3OS. The Morgan fingerprint density at radius 3 is 2.58 bits per heavy atom. The zero-order valence-electron chi connectivity index (χ0n) is 13.3. The van der Waals surface area contributed by atoms with Crippen molar-refractivity contribution in [1.29, 1.82) is 0 Å². The lowest BCUT2D eigenvalue weighted by molar-refractivity contribution is -0.114. The Bertz CT molecular complexity index is 922. The molecular weight excluding hydrogens is 318 g/mol. The van der Waals surface area contributed by atoms with Crippen molar-refractivity contribution in [2.24, 2.45) is 0 Å². The van der Waals surface area contributed by atoms with E-state index in [9.17, 15) is 4.79 Å². The van der Waals surface area contributed by atoms with Crippen LogP contribution in [0.1, 0.15) is 18.2 Å². The quantitative estimate of drug-likeness (QED) is 0.729. The number of fused-ring (bicyclic) bond motifs is 2. The molecule has 120 valence electrons. The first-order chi connectivity index (χ1) is 11.7. The number of pyridine rings is 1. The van der Waals surface area contributed by atoms with Gasteiger partial charge in [0.2, 0.25) is 5.91 Å². The number of nitrogens with zero attached hydrogens (tertiary/aromatic N) is 1. The zero-order chi connectivity index (χ0) is 16.5. The highest BCUT2D eigenvalue weighted by Crippen LogP contribution is 2.39. The van der Waals surface area contributed by atoms with Gasteiger partial charge >= 0.3 is 0 Å². The normalized spacial score (nSPS) is 12.9. The van der Waals surface area contributed by atoms with Crippen LogP contribution in [0.25, 0.3) is 10.9 Å². The molecule has 2 aromatic carbocycles. The van der Waals surface area contributed by atoms with E-state index >= 15 is 0 Å². The van der Waals surface area contributed by atoms with Gasteiger partial charge in [0.1, 0.15) is 0 Å². The van der Waals surface area contributed by atoms with Crippen LogP contribution in [0.4, 0.5) is 17.1 Å². The molecule has 0 unspecified atom stereocenters. The lowest BCUT2D eigenvalue weighted by Crippen LogP contribution is -2.05. The van der Waals surface area contributed by atoms with Crippen molar-refractivity contribution < 1.29 is 4.79 Å². The lowest BCUT2D eigenvalue weighted by atomic mass is 10.1. The molecule has 2 N–H and O–H groups in total. The third-order valence-corrected chi connectivity index (χ3v) is 5.01. The number of rotatable bonds is 3. The molecule has 1 aliphatic heterocycles. The van der Waals surface area contributed by atoms with Crippen LogP contribution in [0, 0.1) is 0 Å². The maximum Gasteiger partial charge on any atom is 0.221 e. The number of para-hydroxylation sites is 1. The number of benzene rings is 2. The molecule has 1 aromatic heterocycles. The Balaban J connectivity index is 1.73.